The summed E-state index contributed by atoms with van der Waals surface area (Å²) in [4.78, 5) is 16.9. The molecule has 1 aromatic carbocycles. The van der Waals surface area contributed by atoms with Gasteiger partial charge in [-0.1, -0.05) is 18.2 Å². The molecule has 1 fully saturated rings. The number of rotatable bonds is 5. The van der Waals surface area contributed by atoms with E-state index in [0.29, 0.717) is 12.2 Å². The van der Waals surface area contributed by atoms with Gasteiger partial charge in [0.2, 0.25) is 6.33 Å². The molecule has 25 heavy (non-hydrogen) atoms. The zero-order valence-corrected chi connectivity index (χ0v) is 15.0. The molecule has 0 spiro atoms. The van der Waals surface area contributed by atoms with E-state index in [9.17, 15) is 10.1 Å². The zero-order chi connectivity index (χ0) is 17.1. The van der Waals surface area contributed by atoms with Crippen LogP contribution in [0, 0.1) is 10.1 Å². The van der Waals surface area contributed by atoms with Gasteiger partial charge in [-0.25, -0.2) is 0 Å². The average Bonchev–Trinajstić information content (AvgIpc) is 2.96. The maximum atomic E-state index is 11.2. The molecule has 2 aromatic rings. The summed E-state index contributed by atoms with van der Waals surface area (Å²) in [6.07, 6.45) is 1.49. The van der Waals surface area contributed by atoms with E-state index in [0.717, 1.165) is 30.9 Å². The molecule has 1 unspecified atom stereocenters. The van der Waals surface area contributed by atoms with Crippen molar-refractivity contribution in [2.24, 2.45) is 7.05 Å². The lowest BCUT2D eigenvalue weighted by Crippen LogP contribution is -2.45. The van der Waals surface area contributed by atoms with Crippen molar-refractivity contribution >= 4 is 18.2 Å². The quantitative estimate of drug-likeness (QED) is 0.641. The Hall–Kier alpha value is -2.16. The first-order valence-electron chi connectivity index (χ1n) is 7.84. The van der Waals surface area contributed by atoms with Crippen molar-refractivity contribution in [3.63, 3.8) is 0 Å². The molecule has 1 saturated heterocycles. The minimum atomic E-state index is -0.421. The highest BCUT2D eigenvalue weighted by molar-refractivity contribution is 5.85. The van der Waals surface area contributed by atoms with Crippen LogP contribution in [0.25, 0.3) is 0 Å². The summed E-state index contributed by atoms with van der Waals surface area (Å²) in [5.74, 6) is 0.755. The van der Waals surface area contributed by atoms with E-state index >= 15 is 0 Å². The van der Waals surface area contributed by atoms with E-state index in [1.54, 1.807) is 18.7 Å². The first-order chi connectivity index (χ1) is 11.6. The highest BCUT2D eigenvalue weighted by atomic mass is 35.5. The number of nitrogens with zero attached hydrogens (tertiary/aromatic N) is 4. The molecular weight excluding hydrogens is 346 g/mol. The molecule has 8 nitrogen and oxygen atoms in total. The molecule has 136 valence electrons. The number of nitro groups is 1. The van der Waals surface area contributed by atoms with Crippen LogP contribution in [0.5, 0.6) is 5.75 Å². The number of aryl methyl sites for hydroxylation is 1. The van der Waals surface area contributed by atoms with Crippen molar-refractivity contribution in [3.05, 3.63) is 52.0 Å². The van der Waals surface area contributed by atoms with Crippen LogP contribution in [0.4, 0.5) is 5.82 Å². The molecule has 0 saturated carbocycles. The second-order valence-electron chi connectivity index (χ2n) is 5.82. The molecule has 3 rings (SSSR count). The van der Waals surface area contributed by atoms with Crippen LogP contribution in [0.15, 0.2) is 30.6 Å². The summed E-state index contributed by atoms with van der Waals surface area (Å²) in [5, 5.41) is 14.6. The van der Waals surface area contributed by atoms with Gasteiger partial charge in [-0.15, -0.1) is 12.4 Å². The fraction of sp³-hybridized carbons (Fsp3) is 0.438. The molecular formula is C16H22ClN5O3. The Kier molecular flexibility index (Phi) is 6.35. The molecule has 9 heteroatoms. The van der Waals surface area contributed by atoms with Crippen LogP contribution in [-0.2, 0) is 13.6 Å². The third-order valence-electron chi connectivity index (χ3n) is 4.42. The van der Waals surface area contributed by atoms with Crippen LogP contribution in [0.2, 0.25) is 0 Å². The van der Waals surface area contributed by atoms with Crippen molar-refractivity contribution in [2.75, 3.05) is 26.7 Å². The number of nitrogens with one attached hydrogen (secondary N) is 1. The molecule has 0 aliphatic carbocycles. The van der Waals surface area contributed by atoms with Gasteiger partial charge in [-0.05, 0) is 16.0 Å². The third-order valence-corrected chi connectivity index (χ3v) is 4.42. The highest BCUT2D eigenvalue weighted by Gasteiger charge is 2.30. The first-order valence-corrected chi connectivity index (χ1v) is 7.84. The number of halogens is 1. The number of aromatic nitrogens is 2. The summed E-state index contributed by atoms with van der Waals surface area (Å²) in [7, 11) is 3.45. The lowest BCUT2D eigenvalue weighted by Gasteiger charge is -2.36. The lowest BCUT2D eigenvalue weighted by molar-refractivity contribution is -0.390. The van der Waals surface area contributed by atoms with Gasteiger partial charge in [0.05, 0.1) is 13.2 Å². The third kappa shape index (κ3) is 3.92. The van der Waals surface area contributed by atoms with Crippen LogP contribution in [0.1, 0.15) is 17.3 Å². The fourth-order valence-corrected chi connectivity index (χ4v) is 3.15. The van der Waals surface area contributed by atoms with Gasteiger partial charge < -0.3 is 24.7 Å². The Morgan fingerprint density at radius 1 is 1.44 bits per heavy atom. The van der Waals surface area contributed by atoms with Crippen molar-refractivity contribution in [3.8, 4) is 5.75 Å². The predicted octanol–water partition coefficient (Wildman–Crippen LogP) is 1.91. The normalized spacial score (nSPS) is 17.8. The highest BCUT2D eigenvalue weighted by Crippen LogP contribution is 2.32. The second-order valence-corrected chi connectivity index (χ2v) is 5.82. The molecule has 1 atom stereocenters. The Morgan fingerprint density at radius 3 is 2.92 bits per heavy atom. The summed E-state index contributed by atoms with van der Waals surface area (Å²) < 4.78 is 7.21. The molecule has 0 amide bonds. The zero-order valence-electron chi connectivity index (χ0n) is 14.2. The Morgan fingerprint density at radius 2 is 2.20 bits per heavy atom. The number of ether oxygens (including phenoxy) is 1. The predicted molar refractivity (Wildman–Crippen MR) is 96.1 cm³/mol. The summed E-state index contributed by atoms with van der Waals surface area (Å²) in [5.41, 5.74) is 1.69. The maximum Gasteiger partial charge on any atom is 0.386 e. The van der Waals surface area contributed by atoms with Crippen LogP contribution < -0.4 is 10.1 Å². The minimum absolute atomic E-state index is 0. The Labute approximate surface area is 152 Å². The number of hydrogen-bond acceptors (Lipinski definition) is 6. The molecule has 1 aliphatic rings. The minimum Gasteiger partial charge on any atom is -0.496 e. The van der Waals surface area contributed by atoms with Crippen molar-refractivity contribution in [2.45, 2.75) is 12.6 Å². The van der Waals surface area contributed by atoms with E-state index in [2.05, 4.69) is 15.2 Å². The molecule has 2 heterocycles. The molecule has 1 aromatic heterocycles. The van der Waals surface area contributed by atoms with E-state index in [1.165, 1.54) is 6.33 Å². The Balaban J connectivity index is 0.00000225. The monoisotopic (exact) mass is 367 g/mol. The second kappa shape index (κ2) is 8.28. The number of benzene rings is 1. The molecule has 0 radical (unpaired) electrons. The molecule has 1 aliphatic heterocycles. The van der Waals surface area contributed by atoms with Crippen molar-refractivity contribution < 1.29 is 9.66 Å². The largest absolute Gasteiger partial charge is 0.496 e. The van der Waals surface area contributed by atoms with Crippen LogP contribution >= 0.6 is 12.4 Å². The maximum absolute atomic E-state index is 11.2. The van der Waals surface area contributed by atoms with Crippen molar-refractivity contribution in [1.29, 1.82) is 0 Å². The van der Waals surface area contributed by atoms with Gasteiger partial charge in [0.1, 0.15) is 11.4 Å². The fourth-order valence-electron chi connectivity index (χ4n) is 3.15. The lowest BCUT2D eigenvalue weighted by atomic mass is 10.0. The van der Waals surface area contributed by atoms with Gasteiger partial charge in [0, 0.05) is 38.8 Å². The number of methoxy groups -OCH3 is 1. The van der Waals surface area contributed by atoms with Gasteiger partial charge >= 0.3 is 5.82 Å². The SMILES string of the molecule is COc1ccccc1C1CNCCN1Cc1c([N+](=O)[O-])ncn1C.Cl. The van der Waals surface area contributed by atoms with E-state index in [-0.39, 0.29) is 24.3 Å². The number of imidazole rings is 1. The molecule has 0 bridgehead atoms. The summed E-state index contributed by atoms with van der Waals surface area (Å²) >= 11 is 0. The summed E-state index contributed by atoms with van der Waals surface area (Å²) in [6, 6.07) is 7.99. The number of para-hydroxylation sites is 1. The van der Waals surface area contributed by atoms with E-state index < -0.39 is 4.92 Å². The van der Waals surface area contributed by atoms with E-state index in [1.807, 2.05) is 24.3 Å². The standard InChI is InChI=1S/C16H21N5O3.ClH/c1-19-11-18-16(21(22)23)14(19)10-20-8-7-17-9-13(20)12-5-3-4-6-15(12)24-2;/h3-6,11,13,17H,7-10H2,1-2H3;1H. The van der Waals surface area contributed by atoms with Crippen LogP contribution in [-0.4, -0.2) is 46.1 Å². The molecule has 1 N–H and O–H groups in total. The van der Waals surface area contributed by atoms with Crippen molar-refractivity contribution in [1.82, 2.24) is 19.8 Å². The number of piperazine rings is 1. The average molecular weight is 368 g/mol. The first kappa shape index (κ1) is 19.2. The van der Waals surface area contributed by atoms with Crippen LogP contribution in [0.3, 0.4) is 0 Å². The Bertz CT molecular complexity index is 736. The summed E-state index contributed by atoms with van der Waals surface area (Å²) in [6.45, 7) is 2.88. The topological polar surface area (TPSA) is 85.5 Å². The van der Waals surface area contributed by atoms with Gasteiger partial charge in [0.15, 0.2) is 0 Å². The van der Waals surface area contributed by atoms with E-state index in [4.69, 9.17) is 4.74 Å². The number of hydrogen-bond donors (Lipinski definition) is 1. The van der Waals surface area contributed by atoms with Gasteiger partial charge in [-0.3, -0.25) is 4.90 Å². The smallest absolute Gasteiger partial charge is 0.386 e. The van der Waals surface area contributed by atoms with Gasteiger partial charge in [-0.2, -0.15) is 0 Å². The van der Waals surface area contributed by atoms with Gasteiger partial charge in [0.25, 0.3) is 0 Å².